The second-order valence-corrected chi connectivity index (χ2v) is 7.71. The van der Waals surface area contributed by atoms with Gasteiger partial charge in [-0.15, -0.1) is 0 Å². The Morgan fingerprint density at radius 1 is 1.10 bits per heavy atom. The van der Waals surface area contributed by atoms with Crippen LogP contribution in [0, 0.1) is 34.6 Å². The van der Waals surface area contributed by atoms with E-state index in [1.54, 1.807) is 17.8 Å². The minimum absolute atomic E-state index is 0.152. The van der Waals surface area contributed by atoms with E-state index >= 15 is 0 Å². The zero-order valence-corrected chi connectivity index (χ0v) is 18.2. The summed E-state index contributed by atoms with van der Waals surface area (Å²) in [6, 6.07) is 4.44. The molecule has 29 heavy (non-hydrogen) atoms. The Morgan fingerprint density at radius 3 is 2.45 bits per heavy atom. The lowest BCUT2D eigenvalue weighted by atomic mass is 9.93. The second-order valence-electron chi connectivity index (χ2n) is 7.71. The summed E-state index contributed by atoms with van der Waals surface area (Å²) in [6.07, 6.45) is 3.18. The SMILES string of the molecule is COCCCNC(=O)c1cnn2c(C)c(Cc3c(C)cc(C)cc3C)c(C)nc12. The molecule has 0 saturated carbocycles. The van der Waals surface area contributed by atoms with E-state index in [1.165, 1.54) is 22.3 Å². The van der Waals surface area contributed by atoms with Crippen LogP contribution >= 0.6 is 0 Å². The molecule has 0 radical (unpaired) electrons. The maximum Gasteiger partial charge on any atom is 0.256 e. The molecule has 3 rings (SSSR count). The number of nitrogens with one attached hydrogen (secondary N) is 1. The van der Waals surface area contributed by atoms with Crippen LogP contribution in [-0.4, -0.2) is 40.8 Å². The summed E-state index contributed by atoms with van der Waals surface area (Å²) in [6.45, 7) is 11.7. The van der Waals surface area contributed by atoms with Gasteiger partial charge in [0.1, 0.15) is 5.56 Å². The van der Waals surface area contributed by atoms with Gasteiger partial charge in [0.2, 0.25) is 0 Å². The third-order valence-corrected chi connectivity index (χ3v) is 5.46. The first kappa shape index (κ1) is 21.0. The lowest BCUT2D eigenvalue weighted by molar-refractivity contribution is 0.0950. The number of ether oxygens (including phenoxy) is 1. The molecule has 0 aliphatic heterocycles. The van der Waals surface area contributed by atoms with E-state index in [-0.39, 0.29) is 5.91 Å². The standard InChI is InChI=1S/C23H30N4O2/c1-14-10-15(2)19(16(3)11-14)12-20-17(4)26-22-21(13-25-27(22)18(20)5)23(28)24-8-7-9-29-6/h10-11,13H,7-9,12H2,1-6H3,(H,24,28). The van der Waals surface area contributed by atoms with Crippen LogP contribution < -0.4 is 5.32 Å². The summed E-state index contributed by atoms with van der Waals surface area (Å²) < 4.78 is 6.80. The molecule has 2 heterocycles. The molecule has 0 atom stereocenters. The molecule has 1 aromatic carbocycles. The van der Waals surface area contributed by atoms with Crippen LogP contribution in [0.4, 0.5) is 0 Å². The number of nitrogens with zero attached hydrogens (tertiary/aromatic N) is 3. The highest BCUT2D eigenvalue weighted by Crippen LogP contribution is 2.24. The fraction of sp³-hybridized carbons (Fsp3) is 0.435. The highest BCUT2D eigenvalue weighted by Gasteiger charge is 2.19. The van der Waals surface area contributed by atoms with Gasteiger partial charge in [0.25, 0.3) is 5.91 Å². The number of carbonyl (C=O) groups is 1. The first-order valence-electron chi connectivity index (χ1n) is 10.0. The van der Waals surface area contributed by atoms with Crippen molar-refractivity contribution < 1.29 is 9.53 Å². The number of benzene rings is 1. The van der Waals surface area contributed by atoms with Gasteiger partial charge in [0.15, 0.2) is 5.65 Å². The van der Waals surface area contributed by atoms with Gasteiger partial charge < -0.3 is 10.1 Å². The Morgan fingerprint density at radius 2 is 1.79 bits per heavy atom. The molecule has 0 aliphatic rings. The van der Waals surface area contributed by atoms with E-state index in [0.29, 0.717) is 24.4 Å². The van der Waals surface area contributed by atoms with E-state index in [0.717, 1.165) is 29.8 Å². The maximum atomic E-state index is 12.6. The van der Waals surface area contributed by atoms with Crippen LogP contribution in [0.5, 0.6) is 0 Å². The number of hydrogen-bond acceptors (Lipinski definition) is 4. The number of carbonyl (C=O) groups excluding carboxylic acids is 1. The van der Waals surface area contributed by atoms with Crippen LogP contribution in [0.15, 0.2) is 18.3 Å². The third-order valence-electron chi connectivity index (χ3n) is 5.46. The van der Waals surface area contributed by atoms with E-state index in [9.17, 15) is 4.79 Å². The molecule has 0 bridgehead atoms. The summed E-state index contributed by atoms with van der Waals surface area (Å²) in [5.74, 6) is -0.152. The van der Waals surface area contributed by atoms with Crippen molar-refractivity contribution in [2.24, 2.45) is 0 Å². The Labute approximate surface area is 172 Å². The van der Waals surface area contributed by atoms with E-state index in [2.05, 4.69) is 43.3 Å². The lowest BCUT2D eigenvalue weighted by Crippen LogP contribution is -2.25. The number of fused-ring (bicyclic) bond motifs is 1. The van der Waals surface area contributed by atoms with Gasteiger partial charge in [-0.2, -0.15) is 5.10 Å². The number of amides is 1. The number of hydrogen-bond donors (Lipinski definition) is 1. The van der Waals surface area contributed by atoms with E-state index < -0.39 is 0 Å². The first-order valence-corrected chi connectivity index (χ1v) is 10.0. The molecule has 0 unspecified atom stereocenters. The maximum absolute atomic E-state index is 12.6. The average molecular weight is 395 g/mol. The molecule has 154 valence electrons. The van der Waals surface area contributed by atoms with Crippen molar-refractivity contribution in [3.8, 4) is 0 Å². The topological polar surface area (TPSA) is 68.5 Å². The minimum atomic E-state index is -0.152. The zero-order valence-electron chi connectivity index (χ0n) is 18.2. The van der Waals surface area contributed by atoms with Crippen molar-refractivity contribution >= 4 is 11.6 Å². The molecule has 6 nitrogen and oxygen atoms in total. The largest absolute Gasteiger partial charge is 0.385 e. The smallest absolute Gasteiger partial charge is 0.256 e. The molecule has 0 fully saturated rings. The van der Waals surface area contributed by atoms with Crippen molar-refractivity contribution in [2.45, 2.75) is 47.5 Å². The molecule has 1 N–H and O–H groups in total. The second kappa shape index (κ2) is 8.74. The number of methoxy groups -OCH3 is 1. The predicted molar refractivity (Wildman–Crippen MR) is 115 cm³/mol. The van der Waals surface area contributed by atoms with Crippen molar-refractivity contribution in [3.63, 3.8) is 0 Å². The first-order chi connectivity index (χ1) is 13.8. The molecule has 3 aromatic rings. The van der Waals surface area contributed by atoms with Gasteiger partial charge in [0.05, 0.1) is 6.20 Å². The van der Waals surface area contributed by atoms with Crippen molar-refractivity contribution in [1.82, 2.24) is 19.9 Å². The summed E-state index contributed by atoms with van der Waals surface area (Å²) >= 11 is 0. The van der Waals surface area contributed by atoms with Crippen molar-refractivity contribution in [1.29, 1.82) is 0 Å². The van der Waals surface area contributed by atoms with Crippen LogP contribution in [0.2, 0.25) is 0 Å². The Hall–Kier alpha value is -2.73. The van der Waals surface area contributed by atoms with Crippen LogP contribution in [0.1, 0.15) is 56.0 Å². The van der Waals surface area contributed by atoms with Gasteiger partial charge in [-0.1, -0.05) is 17.7 Å². The Balaban J connectivity index is 1.94. The fourth-order valence-corrected chi connectivity index (χ4v) is 3.91. The van der Waals surface area contributed by atoms with Crippen LogP contribution in [0.3, 0.4) is 0 Å². The molecular formula is C23H30N4O2. The van der Waals surface area contributed by atoms with Crippen LogP contribution in [0.25, 0.3) is 5.65 Å². The summed E-state index contributed by atoms with van der Waals surface area (Å²) in [5.41, 5.74) is 9.39. The van der Waals surface area contributed by atoms with Gasteiger partial charge >= 0.3 is 0 Å². The summed E-state index contributed by atoms with van der Waals surface area (Å²) in [5, 5.41) is 7.37. The number of rotatable bonds is 7. The highest BCUT2D eigenvalue weighted by atomic mass is 16.5. The summed E-state index contributed by atoms with van der Waals surface area (Å²) in [7, 11) is 1.65. The molecule has 0 aliphatic carbocycles. The molecule has 1 amide bonds. The van der Waals surface area contributed by atoms with Gasteiger partial charge in [-0.05, 0) is 63.3 Å². The number of aromatic nitrogens is 3. The average Bonchev–Trinajstić information content (AvgIpc) is 3.07. The monoisotopic (exact) mass is 394 g/mol. The lowest BCUT2D eigenvalue weighted by Gasteiger charge is -2.15. The van der Waals surface area contributed by atoms with Gasteiger partial charge in [-0.3, -0.25) is 4.79 Å². The van der Waals surface area contributed by atoms with E-state index in [1.807, 2.05) is 13.8 Å². The predicted octanol–water partition coefficient (Wildman–Crippen LogP) is 3.63. The van der Waals surface area contributed by atoms with Crippen molar-refractivity contribution in [3.05, 3.63) is 63.1 Å². The Kier molecular flexibility index (Phi) is 6.33. The van der Waals surface area contributed by atoms with Gasteiger partial charge in [-0.25, -0.2) is 9.50 Å². The molecule has 2 aromatic heterocycles. The van der Waals surface area contributed by atoms with Gasteiger partial charge in [0, 0.05) is 38.1 Å². The Bertz CT molecular complexity index is 1030. The summed E-state index contributed by atoms with van der Waals surface area (Å²) in [4.78, 5) is 17.3. The molecule has 0 saturated heterocycles. The highest BCUT2D eigenvalue weighted by molar-refractivity contribution is 5.99. The van der Waals surface area contributed by atoms with Crippen LogP contribution in [-0.2, 0) is 11.2 Å². The molecule has 6 heteroatoms. The molecular weight excluding hydrogens is 364 g/mol. The fourth-order valence-electron chi connectivity index (χ4n) is 3.91. The third kappa shape index (κ3) is 4.32. The minimum Gasteiger partial charge on any atom is -0.385 e. The molecule has 0 spiro atoms. The quantitative estimate of drug-likeness (QED) is 0.622. The zero-order chi connectivity index (χ0) is 21.1. The van der Waals surface area contributed by atoms with E-state index in [4.69, 9.17) is 9.72 Å². The number of aryl methyl sites for hydroxylation is 5. The van der Waals surface area contributed by atoms with Crippen molar-refractivity contribution in [2.75, 3.05) is 20.3 Å². The normalized spacial score (nSPS) is 11.2.